The molecule has 4 aromatic rings. The van der Waals surface area contributed by atoms with E-state index in [1.54, 1.807) is 0 Å². The molecule has 2 heteroatoms. The van der Waals surface area contributed by atoms with E-state index >= 15 is 0 Å². The molecule has 4 rings (SSSR count). The lowest BCUT2D eigenvalue weighted by molar-refractivity contribution is 0.470. The molecule has 0 saturated carbocycles. The Labute approximate surface area is 159 Å². The summed E-state index contributed by atoms with van der Waals surface area (Å²) in [6, 6.07) is 24.4. The molecule has 0 radical (unpaired) electrons. The van der Waals surface area contributed by atoms with Gasteiger partial charge >= 0.3 is 0 Å². The molecule has 0 aliphatic heterocycles. The van der Waals surface area contributed by atoms with Gasteiger partial charge in [-0.25, -0.2) is 0 Å². The lowest BCUT2D eigenvalue weighted by Gasteiger charge is -2.08. The van der Waals surface area contributed by atoms with E-state index in [0.29, 0.717) is 12.2 Å². The van der Waals surface area contributed by atoms with E-state index in [4.69, 9.17) is 0 Å². The van der Waals surface area contributed by atoms with Crippen LogP contribution >= 0.6 is 0 Å². The van der Waals surface area contributed by atoms with Gasteiger partial charge in [-0.05, 0) is 58.3 Å². The van der Waals surface area contributed by atoms with Crippen LogP contribution in [0.15, 0.2) is 79.0 Å². The molecule has 0 aliphatic carbocycles. The Morgan fingerprint density at radius 1 is 0.889 bits per heavy atom. The topological polar surface area (TPSA) is 25.2 Å². The summed E-state index contributed by atoms with van der Waals surface area (Å²) in [7, 11) is 2.04. The molecule has 1 heterocycles. The minimum atomic E-state index is 0.342. The molecule has 2 nitrogen and oxygen atoms in total. The van der Waals surface area contributed by atoms with Gasteiger partial charge in [0.25, 0.3) is 0 Å². The van der Waals surface area contributed by atoms with Gasteiger partial charge in [-0.1, -0.05) is 48.2 Å². The maximum absolute atomic E-state index is 10.4. The third-order valence-electron chi connectivity index (χ3n) is 4.83. The van der Waals surface area contributed by atoms with E-state index in [2.05, 4.69) is 46.7 Å². The SMILES string of the molecule is Cn1cccc1CC#Cc1ccc2cc(O)c(Cc3ccccc3)cc2c1. The van der Waals surface area contributed by atoms with Crippen molar-refractivity contribution < 1.29 is 5.11 Å². The number of benzene rings is 3. The summed E-state index contributed by atoms with van der Waals surface area (Å²) < 4.78 is 2.09. The largest absolute Gasteiger partial charge is 0.508 e. The van der Waals surface area contributed by atoms with Crippen LogP contribution in [0.1, 0.15) is 22.4 Å². The highest BCUT2D eigenvalue weighted by atomic mass is 16.3. The fraction of sp³-hybridized carbons (Fsp3) is 0.120. The Kier molecular flexibility index (Phi) is 4.68. The number of rotatable bonds is 3. The van der Waals surface area contributed by atoms with Crippen LogP contribution < -0.4 is 0 Å². The van der Waals surface area contributed by atoms with Gasteiger partial charge in [-0.3, -0.25) is 0 Å². The third kappa shape index (κ3) is 3.88. The summed E-state index contributed by atoms with van der Waals surface area (Å²) >= 11 is 0. The molecular weight excluding hydrogens is 330 g/mol. The zero-order valence-electron chi connectivity index (χ0n) is 15.3. The first-order valence-corrected chi connectivity index (χ1v) is 9.08. The highest BCUT2D eigenvalue weighted by molar-refractivity contribution is 5.86. The van der Waals surface area contributed by atoms with E-state index in [-0.39, 0.29) is 0 Å². The summed E-state index contributed by atoms with van der Waals surface area (Å²) in [6.07, 6.45) is 3.48. The van der Waals surface area contributed by atoms with E-state index in [1.807, 2.05) is 55.7 Å². The van der Waals surface area contributed by atoms with Gasteiger partial charge in [-0.2, -0.15) is 0 Å². The zero-order chi connectivity index (χ0) is 18.6. The molecule has 0 spiro atoms. The fourth-order valence-corrected chi connectivity index (χ4v) is 3.28. The molecule has 0 unspecified atom stereocenters. The normalized spacial score (nSPS) is 10.6. The smallest absolute Gasteiger partial charge is 0.119 e. The quantitative estimate of drug-likeness (QED) is 0.512. The number of fused-ring (bicyclic) bond motifs is 1. The predicted molar refractivity (Wildman–Crippen MR) is 111 cm³/mol. The van der Waals surface area contributed by atoms with Crippen molar-refractivity contribution in [2.24, 2.45) is 7.05 Å². The molecule has 0 fully saturated rings. The highest BCUT2D eigenvalue weighted by Crippen LogP contribution is 2.27. The van der Waals surface area contributed by atoms with Crippen LogP contribution in [0, 0.1) is 11.8 Å². The van der Waals surface area contributed by atoms with Crippen LogP contribution in [0.3, 0.4) is 0 Å². The number of phenols is 1. The van der Waals surface area contributed by atoms with Crippen molar-refractivity contribution in [2.45, 2.75) is 12.8 Å². The van der Waals surface area contributed by atoms with E-state index in [9.17, 15) is 5.11 Å². The van der Waals surface area contributed by atoms with Gasteiger partial charge in [-0.15, -0.1) is 0 Å². The fourth-order valence-electron chi connectivity index (χ4n) is 3.28. The third-order valence-corrected chi connectivity index (χ3v) is 4.83. The molecule has 132 valence electrons. The van der Waals surface area contributed by atoms with Crippen molar-refractivity contribution in [1.29, 1.82) is 0 Å². The Balaban J connectivity index is 1.61. The van der Waals surface area contributed by atoms with Crippen LogP contribution in [0.4, 0.5) is 0 Å². The zero-order valence-corrected chi connectivity index (χ0v) is 15.3. The van der Waals surface area contributed by atoms with Crippen LogP contribution in [-0.4, -0.2) is 9.67 Å². The molecule has 0 aliphatic rings. The summed E-state index contributed by atoms with van der Waals surface area (Å²) in [5, 5.41) is 12.5. The Bertz CT molecular complexity index is 1140. The van der Waals surface area contributed by atoms with E-state index in [1.165, 1.54) is 11.3 Å². The van der Waals surface area contributed by atoms with Gasteiger partial charge in [0.15, 0.2) is 0 Å². The summed E-state index contributed by atoms with van der Waals surface area (Å²) in [6.45, 7) is 0. The average Bonchev–Trinajstić information content (AvgIpc) is 3.08. The second kappa shape index (κ2) is 7.43. The predicted octanol–water partition coefficient (Wildman–Crippen LogP) is 5.07. The number of aryl methyl sites for hydroxylation is 1. The number of nitrogens with zero attached hydrogens (tertiary/aromatic N) is 1. The number of hydrogen-bond acceptors (Lipinski definition) is 1. The van der Waals surface area contributed by atoms with Crippen LogP contribution in [0.5, 0.6) is 5.75 Å². The Morgan fingerprint density at radius 3 is 2.52 bits per heavy atom. The van der Waals surface area contributed by atoms with Crippen molar-refractivity contribution in [3.05, 3.63) is 101 Å². The molecule has 1 aromatic heterocycles. The standard InChI is InChI=1S/C25H21NO/c1-26-14-6-11-24(26)10-5-9-20-12-13-21-18-25(27)23(17-22(21)15-20)16-19-7-3-2-4-8-19/h2-4,6-8,11-15,17-18,27H,10,16H2,1H3. The molecule has 0 bridgehead atoms. The van der Waals surface area contributed by atoms with Crippen LogP contribution in [0.2, 0.25) is 0 Å². The number of aromatic hydroxyl groups is 1. The lowest BCUT2D eigenvalue weighted by atomic mass is 9.99. The molecule has 27 heavy (non-hydrogen) atoms. The minimum absolute atomic E-state index is 0.342. The Morgan fingerprint density at radius 2 is 1.74 bits per heavy atom. The highest BCUT2D eigenvalue weighted by Gasteiger charge is 2.06. The monoisotopic (exact) mass is 351 g/mol. The second-order valence-electron chi connectivity index (χ2n) is 6.79. The molecule has 0 saturated heterocycles. The van der Waals surface area contributed by atoms with Crippen molar-refractivity contribution in [2.75, 3.05) is 0 Å². The molecule has 3 aromatic carbocycles. The van der Waals surface area contributed by atoms with Gasteiger partial charge in [0.2, 0.25) is 0 Å². The first-order valence-electron chi connectivity index (χ1n) is 9.08. The first-order chi connectivity index (χ1) is 13.2. The molecule has 1 N–H and O–H groups in total. The molecule has 0 atom stereocenters. The van der Waals surface area contributed by atoms with Crippen molar-refractivity contribution in [3.63, 3.8) is 0 Å². The number of phenolic OH excluding ortho intramolecular Hbond substituents is 1. The van der Waals surface area contributed by atoms with Gasteiger partial charge < -0.3 is 9.67 Å². The van der Waals surface area contributed by atoms with Gasteiger partial charge in [0, 0.05) is 37.3 Å². The molecular formula is C25H21NO. The maximum Gasteiger partial charge on any atom is 0.119 e. The van der Waals surface area contributed by atoms with Crippen molar-refractivity contribution >= 4 is 10.8 Å². The summed E-state index contributed by atoms with van der Waals surface area (Å²) in [5.74, 6) is 6.86. The minimum Gasteiger partial charge on any atom is -0.508 e. The van der Waals surface area contributed by atoms with Crippen LogP contribution in [0.25, 0.3) is 10.8 Å². The average molecular weight is 351 g/mol. The van der Waals surface area contributed by atoms with Crippen LogP contribution in [-0.2, 0) is 19.9 Å². The first kappa shape index (κ1) is 17.0. The number of hydrogen-bond donors (Lipinski definition) is 1. The number of aromatic nitrogens is 1. The van der Waals surface area contributed by atoms with Gasteiger partial charge in [0.05, 0.1) is 0 Å². The van der Waals surface area contributed by atoms with E-state index in [0.717, 1.165) is 28.3 Å². The lowest BCUT2D eigenvalue weighted by Crippen LogP contribution is -1.92. The van der Waals surface area contributed by atoms with Crippen molar-refractivity contribution in [1.82, 2.24) is 4.57 Å². The second-order valence-corrected chi connectivity index (χ2v) is 6.79. The summed E-state index contributed by atoms with van der Waals surface area (Å²) in [4.78, 5) is 0. The Hall–Kier alpha value is -3.44. The van der Waals surface area contributed by atoms with Gasteiger partial charge in [0.1, 0.15) is 5.75 Å². The molecule has 0 amide bonds. The maximum atomic E-state index is 10.4. The van der Waals surface area contributed by atoms with Crippen molar-refractivity contribution in [3.8, 4) is 17.6 Å². The summed E-state index contributed by atoms with van der Waals surface area (Å²) in [5.41, 5.74) is 4.32. The van der Waals surface area contributed by atoms with E-state index < -0.39 is 0 Å².